The van der Waals surface area contributed by atoms with Gasteiger partial charge in [0.05, 0.1) is 0 Å². The zero-order chi connectivity index (χ0) is 12.4. The second-order valence-electron chi connectivity index (χ2n) is 4.23. The lowest BCUT2D eigenvalue weighted by atomic mass is 10.2. The summed E-state index contributed by atoms with van der Waals surface area (Å²) in [7, 11) is 0. The van der Waals surface area contributed by atoms with Gasteiger partial charge in [-0.3, -0.25) is 4.79 Å². The quantitative estimate of drug-likeness (QED) is 0.937. The summed E-state index contributed by atoms with van der Waals surface area (Å²) in [4.78, 5) is 18.4. The van der Waals surface area contributed by atoms with Crippen LogP contribution in [0.2, 0.25) is 0 Å². The SMILES string of the molecule is O=C(NC1CCN(c2nccs2)C1)c1ccsc1. The molecule has 1 amide bonds. The standard InChI is InChI=1S/C12H13N3OS2/c16-11(9-2-5-17-8-9)14-10-1-4-15(7-10)12-13-3-6-18-12/h2-3,5-6,8,10H,1,4,7H2,(H,14,16). The van der Waals surface area contributed by atoms with Crippen molar-refractivity contribution in [1.29, 1.82) is 0 Å². The Kier molecular flexibility index (Phi) is 3.29. The molecule has 1 fully saturated rings. The molecule has 94 valence electrons. The van der Waals surface area contributed by atoms with Gasteiger partial charge in [-0.15, -0.1) is 11.3 Å². The van der Waals surface area contributed by atoms with Crippen LogP contribution in [0.1, 0.15) is 16.8 Å². The molecule has 0 radical (unpaired) electrons. The van der Waals surface area contributed by atoms with Gasteiger partial charge in [-0.25, -0.2) is 4.98 Å². The summed E-state index contributed by atoms with van der Waals surface area (Å²) >= 11 is 3.19. The molecule has 2 aromatic heterocycles. The second-order valence-corrected chi connectivity index (χ2v) is 5.88. The predicted molar refractivity (Wildman–Crippen MR) is 74.5 cm³/mol. The van der Waals surface area contributed by atoms with Gasteiger partial charge in [0.25, 0.3) is 5.91 Å². The Labute approximate surface area is 113 Å². The summed E-state index contributed by atoms with van der Waals surface area (Å²) < 4.78 is 0. The lowest BCUT2D eigenvalue weighted by Crippen LogP contribution is -2.36. The highest BCUT2D eigenvalue weighted by atomic mass is 32.1. The van der Waals surface area contributed by atoms with Gasteiger partial charge in [-0.1, -0.05) is 0 Å². The fraction of sp³-hybridized carbons (Fsp3) is 0.333. The monoisotopic (exact) mass is 279 g/mol. The van der Waals surface area contributed by atoms with Crippen molar-refractivity contribution in [3.8, 4) is 0 Å². The van der Waals surface area contributed by atoms with Crippen molar-refractivity contribution in [3.63, 3.8) is 0 Å². The molecule has 0 aromatic carbocycles. The number of nitrogens with one attached hydrogen (secondary N) is 1. The first-order chi connectivity index (χ1) is 8.83. The van der Waals surface area contributed by atoms with E-state index in [9.17, 15) is 4.79 Å². The predicted octanol–water partition coefficient (Wildman–Crippen LogP) is 2.21. The first-order valence-electron chi connectivity index (χ1n) is 5.80. The highest BCUT2D eigenvalue weighted by Crippen LogP contribution is 2.22. The molecule has 2 aromatic rings. The Morgan fingerprint density at radius 2 is 2.44 bits per heavy atom. The Morgan fingerprint density at radius 1 is 1.50 bits per heavy atom. The van der Waals surface area contributed by atoms with Crippen LogP contribution < -0.4 is 10.2 Å². The molecule has 6 heteroatoms. The third-order valence-corrected chi connectivity index (χ3v) is 4.51. The van der Waals surface area contributed by atoms with Crippen molar-refractivity contribution in [2.24, 2.45) is 0 Å². The number of thiazole rings is 1. The van der Waals surface area contributed by atoms with Crippen LogP contribution in [-0.4, -0.2) is 30.0 Å². The highest BCUT2D eigenvalue weighted by molar-refractivity contribution is 7.13. The van der Waals surface area contributed by atoms with E-state index in [2.05, 4.69) is 15.2 Å². The average Bonchev–Trinajstić information content (AvgIpc) is 3.12. The minimum atomic E-state index is 0.0299. The Hall–Kier alpha value is -1.40. The molecule has 3 heterocycles. The zero-order valence-electron chi connectivity index (χ0n) is 9.70. The fourth-order valence-corrected chi connectivity index (χ4v) is 3.40. The maximum atomic E-state index is 11.9. The number of thiophene rings is 1. The molecule has 3 rings (SSSR count). The summed E-state index contributed by atoms with van der Waals surface area (Å²) in [5, 5.41) is 9.90. The molecule has 0 saturated carbocycles. The number of nitrogens with zero attached hydrogens (tertiary/aromatic N) is 2. The summed E-state index contributed by atoms with van der Waals surface area (Å²) in [5.41, 5.74) is 0.757. The lowest BCUT2D eigenvalue weighted by Gasteiger charge is -2.15. The van der Waals surface area contributed by atoms with E-state index in [0.29, 0.717) is 0 Å². The van der Waals surface area contributed by atoms with E-state index < -0.39 is 0 Å². The second kappa shape index (κ2) is 5.07. The molecule has 1 atom stereocenters. The first kappa shape index (κ1) is 11.7. The van der Waals surface area contributed by atoms with Crippen LogP contribution in [0, 0.1) is 0 Å². The van der Waals surface area contributed by atoms with Gasteiger partial charge in [0.15, 0.2) is 5.13 Å². The first-order valence-corrected chi connectivity index (χ1v) is 7.62. The van der Waals surface area contributed by atoms with Gasteiger partial charge in [0.2, 0.25) is 0 Å². The van der Waals surface area contributed by atoms with Crippen LogP contribution in [0.25, 0.3) is 0 Å². The molecular weight excluding hydrogens is 266 g/mol. The average molecular weight is 279 g/mol. The van der Waals surface area contributed by atoms with Crippen LogP contribution >= 0.6 is 22.7 Å². The molecule has 0 spiro atoms. The van der Waals surface area contributed by atoms with Crippen LogP contribution in [0.3, 0.4) is 0 Å². The summed E-state index contributed by atoms with van der Waals surface area (Å²) in [6.07, 6.45) is 2.80. The third kappa shape index (κ3) is 2.39. The van der Waals surface area contributed by atoms with Crippen LogP contribution in [0.4, 0.5) is 5.13 Å². The summed E-state index contributed by atoms with van der Waals surface area (Å²) in [6.45, 7) is 1.81. The van der Waals surface area contributed by atoms with Crippen LogP contribution in [-0.2, 0) is 0 Å². The van der Waals surface area contributed by atoms with E-state index >= 15 is 0 Å². The molecule has 0 bridgehead atoms. The van der Waals surface area contributed by atoms with E-state index in [4.69, 9.17) is 0 Å². The molecule has 1 aliphatic heterocycles. The fourth-order valence-electron chi connectivity index (χ4n) is 2.09. The smallest absolute Gasteiger partial charge is 0.252 e. The van der Waals surface area contributed by atoms with Crippen molar-refractivity contribution in [2.75, 3.05) is 18.0 Å². The minimum Gasteiger partial charge on any atom is -0.347 e. The topological polar surface area (TPSA) is 45.2 Å². The third-order valence-electron chi connectivity index (χ3n) is 3.00. The number of hydrogen-bond donors (Lipinski definition) is 1. The van der Waals surface area contributed by atoms with Crippen LogP contribution in [0.5, 0.6) is 0 Å². The van der Waals surface area contributed by atoms with E-state index in [1.54, 1.807) is 22.7 Å². The number of carbonyl (C=O) groups excluding carboxylic acids is 1. The summed E-state index contributed by atoms with van der Waals surface area (Å²) in [5.74, 6) is 0.0299. The van der Waals surface area contributed by atoms with Crippen molar-refractivity contribution in [3.05, 3.63) is 34.0 Å². The van der Waals surface area contributed by atoms with Crippen molar-refractivity contribution in [1.82, 2.24) is 10.3 Å². The summed E-state index contributed by atoms with van der Waals surface area (Å²) in [6, 6.07) is 2.08. The van der Waals surface area contributed by atoms with Gasteiger partial charge in [0.1, 0.15) is 0 Å². The number of carbonyl (C=O) groups is 1. The molecule has 0 aliphatic carbocycles. The maximum absolute atomic E-state index is 11.9. The molecule has 18 heavy (non-hydrogen) atoms. The van der Waals surface area contributed by atoms with Crippen molar-refractivity contribution in [2.45, 2.75) is 12.5 Å². The molecular formula is C12H13N3OS2. The number of rotatable bonds is 3. The van der Waals surface area contributed by atoms with Crippen molar-refractivity contribution >= 4 is 33.7 Å². The zero-order valence-corrected chi connectivity index (χ0v) is 11.3. The molecule has 4 nitrogen and oxygen atoms in total. The Bertz CT molecular complexity index is 509. The normalized spacial score (nSPS) is 19.1. The molecule has 1 aliphatic rings. The van der Waals surface area contributed by atoms with Gasteiger partial charge in [-0.05, 0) is 17.9 Å². The lowest BCUT2D eigenvalue weighted by molar-refractivity contribution is 0.0941. The number of anilines is 1. The number of hydrogen-bond acceptors (Lipinski definition) is 5. The molecule has 1 saturated heterocycles. The van der Waals surface area contributed by atoms with E-state index in [0.717, 1.165) is 30.2 Å². The van der Waals surface area contributed by atoms with Crippen molar-refractivity contribution < 1.29 is 4.79 Å². The number of aromatic nitrogens is 1. The van der Waals surface area contributed by atoms with E-state index in [-0.39, 0.29) is 11.9 Å². The van der Waals surface area contributed by atoms with E-state index in [1.807, 2.05) is 28.4 Å². The van der Waals surface area contributed by atoms with Gasteiger partial charge < -0.3 is 10.2 Å². The Morgan fingerprint density at radius 3 is 3.17 bits per heavy atom. The molecule has 1 N–H and O–H groups in total. The highest BCUT2D eigenvalue weighted by Gasteiger charge is 2.25. The van der Waals surface area contributed by atoms with Gasteiger partial charge in [-0.2, -0.15) is 11.3 Å². The van der Waals surface area contributed by atoms with Crippen LogP contribution in [0.15, 0.2) is 28.4 Å². The minimum absolute atomic E-state index is 0.0299. The van der Waals surface area contributed by atoms with Gasteiger partial charge in [0, 0.05) is 41.7 Å². The number of amides is 1. The van der Waals surface area contributed by atoms with E-state index in [1.165, 1.54) is 0 Å². The van der Waals surface area contributed by atoms with Gasteiger partial charge >= 0.3 is 0 Å². The Balaban J connectivity index is 1.58. The largest absolute Gasteiger partial charge is 0.347 e. The molecule has 1 unspecified atom stereocenters. The maximum Gasteiger partial charge on any atom is 0.252 e.